The van der Waals surface area contributed by atoms with Crippen molar-refractivity contribution in [3.05, 3.63) is 133 Å². The van der Waals surface area contributed by atoms with Gasteiger partial charge in [0, 0.05) is 43.4 Å². The van der Waals surface area contributed by atoms with Crippen LogP contribution < -0.4 is 0 Å². The van der Waals surface area contributed by atoms with E-state index in [2.05, 4.69) is 130 Å². The normalized spacial score (nSPS) is 12.4. The molecule has 0 amide bonds. The Hall–Kier alpha value is -5.54. The number of fused-ring (bicyclic) bond motifs is 15. The van der Waals surface area contributed by atoms with Gasteiger partial charge in [0.25, 0.3) is 0 Å². The molecule has 4 aromatic heterocycles. The highest BCUT2D eigenvalue weighted by atomic mass is 16.3. The van der Waals surface area contributed by atoms with E-state index in [9.17, 15) is 0 Å². The third kappa shape index (κ3) is 2.68. The molecule has 10 aromatic rings. The van der Waals surface area contributed by atoms with Crippen LogP contribution in [0.2, 0.25) is 0 Å². The Morgan fingerprint density at radius 3 is 1.93 bits per heavy atom. The smallest absolute Gasteiger partial charge is 0.135 e. The molecule has 0 fully saturated rings. The quantitative estimate of drug-likeness (QED) is 0.197. The van der Waals surface area contributed by atoms with Gasteiger partial charge in [-0.15, -0.1) is 0 Å². The molecule has 0 aliphatic carbocycles. The summed E-state index contributed by atoms with van der Waals surface area (Å²) in [5.74, 6) is 0. The summed E-state index contributed by atoms with van der Waals surface area (Å²) >= 11 is 0. The maximum Gasteiger partial charge on any atom is 0.135 e. The fraction of sp³-hybridized carbons (Fsp3) is 0. The van der Waals surface area contributed by atoms with Crippen LogP contribution in [0.3, 0.4) is 0 Å². The van der Waals surface area contributed by atoms with Crippen LogP contribution in [0.4, 0.5) is 0 Å². The maximum atomic E-state index is 6.16. The van der Waals surface area contributed by atoms with E-state index in [1.165, 1.54) is 59.9 Å². The van der Waals surface area contributed by atoms with Crippen LogP contribution in [-0.4, -0.2) is 8.97 Å². The molecular weight excluding hydrogens is 500 g/mol. The van der Waals surface area contributed by atoms with Crippen molar-refractivity contribution in [1.29, 1.82) is 0 Å². The molecule has 0 aliphatic heterocycles. The molecule has 4 heterocycles. The minimum absolute atomic E-state index is 0.911. The Bertz CT molecular complexity index is 2700. The van der Waals surface area contributed by atoms with Crippen LogP contribution in [0.25, 0.3) is 87.5 Å². The van der Waals surface area contributed by atoms with Crippen molar-refractivity contribution in [3.8, 4) is 5.69 Å². The molecule has 0 bridgehead atoms. The highest BCUT2D eigenvalue weighted by molar-refractivity contribution is 6.24. The lowest BCUT2D eigenvalue weighted by atomic mass is 10.1. The summed E-state index contributed by atoms with van der Waals surface area (Å²) < 4.78 is 11.1. The first-order valence-corrected chi connectivity index (χ1v) is 14.0. The monoisotopic (exact) mass is 522 g/mol. The van der Waals surface area contributed by atoms with Gasteiger partial charge in [-0.25, -0.2) is 0 Å². The van der Waals surface area contributed by atoms with Gasteiger partial charge in [0.1, 0.15) is 11.2 Å². The Kier molecular flexibility index (Phi) is 3.93. The number of aromatic nitrogens is 2. The fourth-order valence-corrected chi connectivity index (χ4v) is 7.17. The number of para-hydroxylation sites is 3. The number of hydrogen-bond acceptors (Lipinski definition) is 1. The largest absolute Gasteiger partial charge is 0.456 e. The van der Waals surface area contributed by atoms with Crippen LogP contribution >= 0.6 is 0 Å². The van der Waals surface area contributed by atoms with Crippen LogP contribution in [-0.2, 0) is 0 Å². The summed E-state index contributed by atoms with van der Waals surface area (Å²) in [4.78, 5) is 0. The molecule has 0 aliphatic rings. The molecule has 0 saturated heterocycles. The SMILES string of the molecule is c1ccc2c(c1)oc1ccc(-n3c4ccccc4c4c3ccc3cc5c6ccccc6c6ccccc6n5c34)cc12. The van der Waals surface area contributed by atoms with Crippen molar-refractivity contribution in [2.24, 2.45) is 0 Å². The summed E-state index contributed by atoms with van der Waals surface area (Å²) in [6.45, 7) is 0. The number of nitrogens with zero attached hydrogens (tertiary/aromatic N) is 2. The number of furan rings is 1. The second-order valence-corrected chi connectivity index (χ2v) is 11.0. The minimum Gasteiger partial charge on any atom is -0.456 e. The third-order valence-corrected chi connectivity index (χ3v) is 8.86. The van der Waals surface area contributed by atoms with Crippen molar-refractivity contribution < 1.29 is 4.42 Å². The first-order chi connectivity index (χ1) is 20.3. The minimum atomic E-state index is 0.911. The summed E-state index contributed by atoms with van der Waals surface area (Å²) in [5, 5.41) is 9.89. The lowest BCUT2D eigenvalue weighted by Crippen LogP contribution is -1.94. The second-order valence-electron chi connectivity index (χ2n) is 11.0. The molecule has 10 rings (SSSR count). The highest BCUT2D eigenvalue weighted by Gasteiger charge is 2.20. The molecule has 3 heteroatoms. The lowest BCUT2D eigenvalue weighted by Gasteiger charge is -2.11. The zero-order valence-corrected chi connectivity index (χ0v) is 22.0. The number of rotatable bonds is 1. The molecule has 0 N–H and O–H groups in total. The molecule has 0 radical (unpaired) electrons. The summed E-state index contributed by atoms with van der Waals surface area (Å²) in [7, 11) is 0. The first kappa shape index (κ1) is 21.3. The molecule has 41 heavy (non-hydrogen) atoms. The van der Waals surface area contributed by atoms with E-state index in [4.69, 9.17) is 4.42 Å². The predicted octanol–water partition coefficient (Wildman–Crippen LogP) is 10.4. The average Bonchev–Trinajstić information content (AvgIpc) is 3.70. The van der Waals surface area contributed by atoms with Crippen LogP contribution in [0.5, 0.6) is 0 Å². The molecule has 190 valence electrons. The first-order valence-electron chi connectivity index (χ1n) is 14.0. The van der Waals surface area contributed by atoms with Crippen molar-refractivity contribution in [2.45, 2.75) is 0 Å². The van der Waals surface area contributed by atoms with Gasteiger partial charge >= 0.3 is 0 Å². The highest BCUT2D eigenvalue weighted by Crippen LogP contribution is 2.42. The maximum absolute atomic E-state index is 6.16. The zero-order valence-electron chi connectivity index (χ0n) is 22.0. The number of benzene rings is 6. The van der Waals surface area contributed by atoms with E-state index >= 15 is 0 Å². The van der Waals surface area contributed by atoms with Gasteiger partial charge in [0.2, 0.25) is 0 Å². The van der Waals surface area contributed by atoms with E-state index in [-0.39, 0.29) is 0 Å². The Labute approximate surface area is 234 Å². The Balaban J connectivity index is 1.41. The summed E-state index contributed by atoms with van der Waals surface area (Å²) in [6.07, 6.45) is 0. The van der Waals surface area contributed by atoms with E-state index in [1.807, 2.05) is 12.1 Å². The van der Waals surface area contributed by atoms with E-state index < -0.39 is 0 Å². The lowest BCUT2D eigenvalue weighted by molar-refractivity contribution is 0.669. The molecule has 6 aromatic carbocycles. The standard InChI is InChI=1S/C38H22N2O/c1-2-11-27-25(9-1)26-10-3-6-14-31(26)40-34(27)21-23-17-19-33-37(38(23)40)29-13-4-7-15-32(29)39(33)24-18-20-36-30(22-24)28-12-5-8-16-35(28)41-36/h1-22H. The zero-order chi connectivity index (χ0) is 26.7. The molecular formula is C38H22N2O. The van der Waals surface area contributed by atoms with Gasteiger partial charge < -0.3 is 13.4 Å². The summed E-state index contributed by atoms with van der Waals surface area (Å²) in [6, 6.07) is 48.2. The number of pyridine rings is 1. The van der Waals surface area contributed by atoms with Gasteiger partial charge in [-0.1, -0.05) is 84.9 Å². The van der Waals surface area contributed by atoms with Gasteiger partial charge in [-0.3, -0.25) is 0 Å². The van der Waals surface area contributed by atoms with Crippen LogP contribution in [0, 0.1) is 0 Å². The Morgan fingerprint density at radius 1 is 0.415 bits per heavy atom. The number of hydrogen-bond donors (Lipinski definition) is 0. The van der Waals surface area contributed by atoms with Crippen molar-refractivity contribution in [1.82, 2.24) is 8.97 Å². The van der Waals surface area contributed by atoms with Gasteiger partial charge in [0.05, 0.1) is 27.6 Å². The van der Waals surface area contributed by atoms with E-state index in [1.54, 1.807) is 0 Å². The van der Waals surface area contributed by atoms with Crippen molar-refractivity contribution in [3.63, 3.8) is 0 Å². The molecule has 3 nitrogen and oxygen atoms in total. The Morgan fingerprint density at radius 2 is 1.07 bits per heavy atom. The molecule has 0 unspecified atom stereocenters. The van der Waals surface area contributed by atoms with Crippen LogP contribution in [0.15, 0.2) is 138 Å². The van der Waals surface area contributed by atoms with E-state index in [0.29, 0.717) is 0 Å². The second kappa shape index (κ2) is 7.56. The molecule has 0 atom stereocenters. The van der Waals surface area contributed by atoms with Crippen molar-refractivity contribution >= 4 is 81.8 Å². The van der Waals surface area contributed by atoms with Gasteiger partial charge in [-0.05, 0) is 53.9 Å². The van der Waals surface area contributed by atoms with E-state index in [0.717, 1.165) is 27.6 Å². The van der Waals surface area contributed by atoms with Gasteiger partial charge in [0.15, 0.2) is 0 Å². The fourth-order valence-electron chi connectivity index (χ4n) is 7.17. The summed E-state index contributed by atoms with van der Waals surface area (Å²) in [5.41, 5.74) is 9.08. The topological polar surface area (TPSA) is 22.5 Å². The van der Waals surface area contributed by atoms with Crippen LogP contribution in [0.1, 0.15) is 0 Å². The predicted molar refractivity (Wildman–Crippen MR) is 172 cm³/mol. The molecule has 0 saturated carbocycles. The molecule has 0 spiro atoms. The third-order valence-electron chi connectivity index (χ3n) is 8.86. The average molecular weight is 523 g/mol. The van der Waals surface area contributed by atoms with Crippen molar-refractivity contribution in [2.75, 3.05) is 0 Å². The van der Waals surface area contributed by atoms with Gasteiger partial charge in [-0.2, -0.15) is 0 Å².